The number of amides is 1. The number of rotatable bonds is 1. The van der Waals surface area contributed by atoms with Gasteiger partial charge in [-0.3, -0.25) is 4.79 Å². The maximum Gasteiger partial charge on any atom is 0.228 e. The van der Waals surface area contributed by atoms with Crippen molar-refractivity contribution in [3.05, 3.63) is 0 Å². The number of nitrogens with zero attached hydrogens (tertiary/aromatic N) is 1. The standard InChI is InChI=1S/C15H26N2O2/c1-12-13(5-10-19-12)14(18)17-9-8-16-11-15(17)6-3-2-4-7-15/h12-13,16H,2-11H2,1H3. The van der Waals surface area contributed by atoms with Crippen LogP contribution in [0.2, 0.25) is 0 Å². The fraction of sp³-hybridized carbons (Fsp3) is 0.933. The van der Waals surface area contributed by atoms with E-state index in [0.717, 1.165) is 32.7 Å². The van der Waals surface area contributed by atoms with Crippen LogP contribution in [0, 0.1) is 5.92 Å². The molecule has 3 rings (SSSR count). The second kappa shape index (κ2) is 5.41. The third kappa shape index (κ3) is 2.40. The minimum atomic E-state index is 0.0944. The summed E-state index contributed by atoms with van der Waals surface area (Å²) in [7, 11) is 0. The predicted molar refractivity (Wildman–Crippen MR) is 73.9 cm³/mol. The highest BCUT2D eigenvalue weighted by Gasteiger charge is 2.45. The maximum absolute atomic E-state index is 12.9. The van der Waals surface area contributed by atoms with Gasteiger partial charge in [0.1, 0.15) is 0 Å². The first-order chi connectivity index (χ1) is 9.23. The highest BCUT2D eigenvalue weighted by Crippen LogP contribution is 2.36. The van der Waals surface area contributed by atoms with Crippen molar-refractivity contribution in [2.24, 2.45) is 5.92 Å². The molecule has 3 fully saturated rings. The van der Waals surface area contributed by atoms with Gasteiger partial charge in [0.05, 0.1) is 17.6 Å². The van der Waals surface area contributed by atoms with E-state index in [9.17, 15) is 4.79 Å². The Hall–Kier alpha value is -0.610. The average molecular weight is 266 g/mol. The van der Waals surface area contributed by atoms with Gasteiger partial charge >= 0.3 is 0 Å². The zero-order chi connectivity index (χ0) is 13.3. The smallest absolute Gasteiger partial charge is 0.228 e. The number of nitrogens with one attached hydrogen (secondary N) is 1. The zero-order valence-electron chi connectivity index (χ0n) is 12.0. The van der Waals surface area contributed by atoms with Crippen LogP contribution < -0.4 is 5.32 Å². The van der Waals surface area contributed by atoms with Crippen LogP contribution in [0.1, 0.15) is 45.4 Å². The molecular formula is C15H26N2O2. The molecule has 108 valence electrons. The second-order valence-electron chi connectivity index (χ2n) is 6.42. The molecule has 2 atom stereocenters. The Bertz CT molecular complexity index is 331. The van der Waals surface area contributed by atoms with Crippen LogP contribution in [-0.2, 0) is 9.53 Å². The summed E-state index contributed by atoms with van der Waals surface area (Å²) in [5.74, 6) is 0.449. The van der Waals surface area contributed by atoms with E-state index < -0.39 is 0 Å². The van der Waals surface area contributed by atoms with Crippen LogP contribution in [0.4, 0.5) is 0 Å². The third-order valence-corrected chi connectivity index (χ3v) is 5.28. The molecule has 2 heterocycles. The van der Waals surface area contributed by atoms with E-state index in [4.69, 9.17) is 4.74 Å². The van der Waals surface area contributed by atoms with Crippen molar-refractivity contribution in [2.75, 3.05) is 26.2 Å². The molecule has 0 radical (unpaired) electrons. The Kier molecular flexibility index (Phi) is 3.81. The number of ether oxygens (including phenoxy) is 1. The van der Waals surface area contributed by atoms with Gasteiger partial charge in [-0.2, -0.15) is 0 Å². The molecule has 0 aromatic carbocycles. The molecule has 4 heteroatoms. The lowest BCUT2D eigenvalue weighted by atomic mass is 9.78. The molecule has 1 saturated carbocycles. The van der Waals surface area contributed by atoms with Gasteiger partial charge in [-0.15, -0.1) is 0 Å². The molecule has 2 unspecified atom stereocenters. The van der Waals surface area contributed by atoms with Gasteiger partial charge in [0.2, 0.25) is 5.91 Å². The highest BCUT2D eigenvalue weighted by atomic mass is 16.5. The molecule has 0 aromatic heterocycles. The Labute approximate surface area is 115 Å². The van der Waals surface area contributed by atoms with Crippen LogP contribution in [0.5, 0.6) is 0 Å². The Morgan fingerprint density at radius 3 is 2.79 bits per heavy atom. The molecule has 0 aromatic rings. The summed E-state index contributed by atoms with van der Waals surface area (Å²) in [6.07, 6.45) is 7.21. The monoisotopic (exact) mass is 266 g/mol. The molecule has 1 N–H and O–H groups in total. The number of piperazine rings is 1. The lowest BCUT2D eigenvalue weighted by Gasteiger charge is -2.50. The Morgan fingerprint density at radius 2 is 2.11 bits per heavy atom. The van der Waals surface area contributed by atoms with Gasteiger partial charge in [0.25, 0.3) is 0 Å². The molecular weight excluding hydrogens is 240 g/mol. The SMILES string of the molecule is CC1OCCC1C(=O)N1CCNCC12CCCCC2. The summed E-state index contributed by atoms with van der Waals surface area (Å²) in [4.78, 5) is 15.1. The van der Waals surface area contributed by atoms with E-state index >= 15 is 0 Å². The van der Waals surface area contributed by atoms with E-state index in [2.05, 4.69) is 10.2 Å². The van der Waals surface area contributed by atoms with Crippen LogP contribution in [0.3, 0.4) is 0 Å². The predicted octanol–water partition coefficient (Wildman–Crippen LogP) is 1.55. The molecule has 1 spiro atoms. The maximum atomic E-state index is 12.9. The molecule has 1 amide bonds. The van der Waals surface area contributed by atoms with Crippen molar-refractivity contribution in [2.45, 2.75) is 57.1 Å². The molecule has 2 aliphatic heterocycles. The molecule has 1 aliphatic carbocycles. The van der Waals surface area contributed by atoms with Gasteiger partial charge in [-0.1, -0.05) is 19.3 Å². The van der Waals surface area contributed by atoms with E-state index in [1.165, 1.54) is 32.1 Å². The normalized spacial score (nSPS) is 34.7. The first-order valence-electron chi connectivity index (χ1n) is 7.87. The lowest BCUT2D eigenvalue weighted by molar-refractivity contribution is -0.146. The molecule has 3 aliphatic rings. The Morgan fingerprint density at radius 1 is 1.32 bits per heavy atom. The minimum Gasteiger partial charge on any atom is -0.378 e. The van der Waals surface area contributed by atoms with E-state index in [1.807, 2.05) is 6.92 Å². The number of carbonyl (C=O) groups is 1. The summed E-state index contributed by atoms with van der Waals surface area (Å²) in [5.41, 5.74) is 0.107. The number of hydrogen-bond acceptors (Lipinski definition) is 3. The number of hydrogen-bond donors (Lipinski definition) is 1. The second-order valence-corrected chi connectivity index (χ2v) is 6.42. The first kappa shape index (κ1) is 13.4. The average Bonchev–Trinajstić information content (AvgIpc) is 2.86. The van der Waals surface area contributed by atoms with Crippen LogP contribution in [0.25, 0.3) is 0 Å². The summed E-state index contributed by atoms with van der Waals surface area (Å²) >= 11 is 0. The summed E-state index contributed by atoms with van der Waals surface area (Å²) in [5, 5.41) is 3.51. The minimum absolute atomic E-state index is 0.0944. The van der Waals surface area contributed by atoms with Crippen molar-refractivity contribution in [3.8, 4) is 0 Å². The summed E-state index contributed by atoms with van der Waals surface area (Å²) in [6, 6.07) is 0. The quantitative estimate of drug-likeness (QED) is 0.783. The van der Waals surface area contributed by atoms with Crippen molar-refractivity contribution < 1.29 is 9.53 Å². The van der Waals surface area contributed by atoms with Crippen LogP contribution in [0.15, 0.2) is 0 Å². The third-order valence-electron chi connectivity index (χ3n) is 5.28. The lowest BCUT2D eigenvalue weighted by Crippen LogP contribution is -2.64. The first-order valence-corrected chi connectivity index (χ1v) is 7.87. The van der Waals surface area contributed by atoms with Crippen molar-refractivity contribution in [3.63, 3.8) is 0 Å². The van der Waals surface area contributed by atoms with E-state index in [1.54, 1.807) is 0 Å². The molecule has 0 bridgehead atoms. The number of carbonyl (C=O) groups excluding carboxylic acids is 1. The van der Waals surface area contributed by atoms with Gasteiger partial charge in [0.15, 0.2) is 0 Å². The van der Waals surface area contributed by atoms with Crippen molar-refractivity contribution in [1.29, 1.82) is 0 Å². The van der Waals surface area contributed by atoms with Gasteiger partial charge in [-0.05, 0) is 26.2 Å². The largest absolute Gasteiger partial charge is 0.378 e. The Balaban J connectivity index is 1.77. The fourth-order valence-electron chi connectivity index (χ4n) is 4.10. The fourth-order valence-corrected chi connectivity index (χ4v) is 4.10. The van der Waals surface area contributed by atoms with Gasteiger partial charge in [0, 0.05) is 26.2 Å². The molecule has 4 nitrogen and oxygen atoms in total. The summed E-state index contributed by atoms with van der Waals surface area (Å²) in [6.45, 7) is 5.60. The topological polar surface area (TPSA) is 41.6 Å². The van der Waals surface area contributed by atoms with Crippen molar-refractivity contribution in [1.82, 2.24) is 10.2 Å². The van der Waals surface area contributed by atoms with Crippen LogP contribution >= 0.6 is 0 Å². The highest BCUT2D eigenvalue weighted by molar-refractivity contribution is 5.80. The van der Waals surface area contributed by atoms with Gasteiger partial charge in [-0.25, -0.2) is 0 Å². The van der Waals surface area contributed by atoms with Crippen LogP contribution in [-0.4, -0.2) is 48.7 Å². The van der Waals surface area contributed by atoms with E-state index in [0.29, 0.717) is 5.91 Å². The van der Waals surface area contributed by atoms with Gasteiger partial charge < -0.3 is 15.0 Å². The summed E-state index contributed by atoms with van der Waals surface area (Å²) < 4.78 is 5.59. The van der Waals surface area contributed by atoms with E-state index in [-0.39, 0.29) is 17.6 Å². The zero-order valence-corrected chi connectivity index (χ0v) is 12.0. The molecule has 2 saturated heterocycles. The molecule has 19 heavy (non-hydrogen) atoms. The van der Waals surface area contributed by atoms with Crippen molar-refractivity contribution >= 4 is 5.91 Å².